The van der Waals surface area contributed by atoms with Crippen molar-refractivity contribution in [3.05, 3.63) is 42.5 Å². The number of nitrogens with zero attached hydrogens (tertiary/aromatic N) is 3. The van der Waals surface area contributed by atoms with E-state index in [4.69, 9.17) is 0 Å². The molecule has 0 aliphatic rings. The van der Waals surface area contributed by atoms with E-state index in [1.165, 1.54) is 11.0 Å². The fraction of sp³-hybridized carbons (Fsp3) is 0.100. The average molecular weight is 202 g/mol. The maximum absolute atomic E-state index is 11.7. The number of aromatic nitrogens is 3. The number of para-hydroxylation sites is 1. The first-order valence-electron chi connectivity index (χ1n) is 4.48. The number of amides is 1. The molecule has 0 atom stereocenters. The Morgan fingerprint density at radius 3 is 2.67 bits per heavy atom. The first kappa shape index (κ1) is 9.39. The van der Waals surface area contributed by atoms with E-state index in [0.29, 0.717) is 5.82 Å². The summed E-state index contributed by atoms with van der Waals surface area (Å²) in [5, 5.41) is 6.55. The van der Waals surface area contributed by atoms with E-state index in [-0.39, 0.29) is 5.91 Å². The van der Waals surface area contributed by atoms with Crippen molar-refractivity contribution in [2.24, 2.45) is 7.05 Å². The summed E-state index contributed by atoms with van der Waals surface area (Å²) >= 11 is 0. The molecule has 5 nitrogen and oxygen atoms in total. The Morgan fingerprint density at radius 2 is 2.07 bits per heavy atom. The third-order valence-electron chi connectivity index (χ3n) is 1.95. The predicted octanol–water partition coefficient (Wildman–Crippen LogP) is 1.07. The van der Waals surface area contributed by atoms with Gasteiger partial charge in [-0.05, 0) is 12.1 Å². The van der Waals surface area contributed by atoms with E-state index in [1.54, 1.807) is 7.05 Å². The molecule has 0 spiro atoms. The molecule has 2 aromatic rings. The van der Waals surface area contributed by atoms with Gasteiger partial charge in [0.15, 0.2) is 0 Å². The number of benzene rings is 1. The van der Waals surface area contributed by atoms with Crippen LogP contribution in [0.3, 0.4) is 0 Å². The number of nitrogens with one attached hydrogen (secondary N) is 1. The van der Waals surface area contributed by atoms with Crippen LogP contribution in [0.1, 0.15) is 10.6 Å². The SMILES string of the molecule is Cn1ncnc1C(=O)Nc1ccccc1. The molecule has 0 unspecified atom stereocenters. The lowest BCUT2D eigenvalue weighted by atomic mass is 10.3. The van der Waals surface area contributed by atoms with E-state index in [0.717, 1.165) is 5.69 Å². The molecule has 0 aliphatic heterocycles. The minimum atomic E-state index is -0.263. The van der Waals surface area contributed by atoms with Crippen molar-refractivity contribution in [1.82, 2.24) is 14.8 Å². The summed E-state index contributed by atoms with van der Waals surface area (Å²) in [5.41, 5.74) is 0.741. The molecular formula is C10H10N4O. The summed E-state index contributed by atoms with van der Waals surface area (Å²) < 4.78 is 1.43. The Bertz CT molecular complexity index is 463. The average Bonchev–Trinajstić information content (AvgIpc) is 2.66. The van der Waals surface area contributed by atoms with Crippen LogP contribution >= 0.6 is 0 Å². The highest BCUT2D eigenvalue weighted by Crippen LogP contribution is 2.06. The summed E-state index contributed by atoms with van der Waals surface area (Å²) in [6.45, 7) is 0. The molecule has 1 aromatic heterocycles. The summed E-state index contributed by atoms with van der Waals surface area (Å²) in [5.74, 6) is 0.0278. The highest BCUT2D eigenvalue weighted by molar-refractivity contribution is 6.01. The third kappa shape index (κ3) is 2.01. The Hall–Kier alpha value is -2.17. The molecule has 0 radical (unpaired) electrons. The number of hydrogen-bond donors (Lipinski definition) is 1. The lowest BCUT2D eigenvalue weighted by Gasteiger charge is -2.03. The first-order chi connectivity index (χ1) is 7.27. The number of carbonyl (C=O) groups excluding carboxylic acids is 1. The molecular weight excluding hydrogens is 192 g/mol. The van der Waals surface area contributed by atoms with Crippen molar-refractivity contribution in [2.45, 2.75) is 0 Å². The summed E-state index contributed by atoms with van der Waals surface area (Å²) in [4.78, 5) is 15.5. The van der Waals surface area contributed by atoms with Gasteiger partial charge in [-0.15, -0.1) is 0 Å². The molecule has 76 valence electrons. The molecule has 1 N–H and O–H groups in total. The Kier molecular flexibility index (Phi) is 2.45. The Balaban J connectivity index is 2.15. The number of aryl methyl sites for hydroxylation is 1. The van der Waals surface area contributed by atoms with Crippen LogP contribution in [0, 0.1) is 0 Å². The molecule has 2 rings (SSSR count). The second-order valence-corrected chi connectivity index (χ2v) is 3.03. The zero-order valence-electron chi connectivity index (χ0n) is 8.21. The van der Waals surface area contributed by atoms with Crippen molar-refractivity contribution in [3.63, 3.8) is 0 Å². The zero-order chi connectivity index (χ0) is 10.7. The molecule has 5 heteroatoms. The van der Waals surface area contributed by atoms with Gasteiger partial charge in [-0.25, -0.2) is 9.67 Å². The van der Waals surface area contributed by atoms with Crippen molar-refractivity contribution >= 4 is 11.6 Å². The summed E-state index contributed by atoms with van der Waals surface area (Å²) in [6.07, 6.45) is 1.35. The number of rotatable bonds is 2. The van der Waals surface area contributed by atoms with Gasteiger partial charge >= 0.3 is 0 Å². The fourth-order valence-corrected chi connectivity index (χ4v) is 1.21. The van der Waals surface area contributed by atoms with Gasteiger partial charge in [-0.1, -0.05) is 18.2 Å². The monoisotopic (exact) mass is 202 g/mol. The van der Waals surface area contributed by atoms with Crippen LogP contribution in [-0.4, -0.2) is 20.7 Å². The number of anilines is 1. The highest BCUT2D eigenvalue weighted by atomic mass is 16.2. The molecule has 0 bridgehead atoms. The second kappa shape index (κ2) is 3.91. The molecule has 1 heterocycles. The Labute approximate surface area is 86.8 Å². The molecule has 1 aromatic carbocycles. The fourth-order valence-electron chi connectivity index (χ4n) is 1.21. The van der Waals surface area contributed by atoms with Gasteiger partial charge in [-0.3, -0.25) is 4.79 Å². The standard InChI is InChI=1S/C10H10N4O/c1-14-9(11-7-12-14)10(15)13-8-5-3-2-4-6-8/h2-7H,1H3,(H,13,15). The minimum Gasteiger partial charge on any atom is -0.319 e. The van der Waals surface area contributed by atoms with Gasteiger partial charge in [-0.2, -0.15) is 5.10 Å². The van der Waals surface area contributed by atoms with Crippen LogP contribution in [0.5, 0.6) is 0 Å². The van der Waals surface area contributed by atoms with Crippen LogP contribution in [0.15, 0.2) is 36.7 Å². The van der Waals surface area contributed by atoms with Crippen LogP contribution < -0.4 is 5.32 Å². The van der Waals surface area contributed by atoms with Gasteiger partial charge in [0, 0.05) is 12.7 Å². The van der Waals surface area contributed by atoms with Gasteiger partial charge in [0.05, 0.1) is 0 Å². The second-order valence-electron chi connectivity index (χ2n) is 3.03. The predicted molar refractivity (Wildman–Crippen MR) is 55.4 cm³/mol. The van der Waals surface area contributed by atoms with E-state index >= 15 is 0 Å². The molecule has 0 aliphatic carbocycles. The maximum Gasteiger partial charge on any atom is 0.293 e. The van der Waals surface area contributed by atoms with Crippen molar-refractivity contribution in [2.75, 3.05) is 5.32 Å². The topological polar surface area (TPSA) is 59.8 Å². The van der Waals surface area contributed by atoms with Crippen molar-refractivity contribution in [1.29, 1.82) is 0 Å². The molecule has 0 fully saturated rings. The summed E-state index contributed by atoms with van der Waals surface area (Å²) in [7, 11) is 1.67. The van der Waals surface area contributed by atoms with Gasteiger partial charge in [0.25, 0.3) is 5.91 Å². The maximum atomic E-state index is 11.7. The van der Waals surface area contributed by atoms with E-state index in [2.05, 4.69) is 15.4 Å². The molecule has 0 saturated heterocycles. The van der Waals surface area contributed by atoms with E-state index in [1.807, 2.05) is 30.3 Å². The van der Waals surface area contributed by atoms with Crippen molar-refractivity contribution in [3.8, 4) is 0 Å². The van der Waals surface area contributed by atoms with Crippen LogP contribution in [-0.2, 0) is 7.05 Å². The van der Waals surface area contributed by atoms with Gasteiger partial charge < -0.3 is 5.32 Å². The van der Waals surface area contributed by atoms with E-state index in [9.17, 15) is 4.79 Å². The van der Waals surface area contributed by atoms with Crippen LogP contribution in [0.25, 0.3) is 0 Å². The molecule has 15 heavy (non-hydrogen) atoms. The van der Waals surface area contributed by atoms with E-state index < -0.39 is 0 Å². The first-order valence-corrected chi connectivity index (χ1v) is 4.48. The molecule has 0 saturated carbocycles. The number of carbonyl (C=O) groups is 1. The molecule has 1 amide bonds. The summed E-state index contributed by atoms with van der Waals surface area (Å²) in [6, 6.07) is 9.22. The van der Waals surface area contributed by atoms with Gasteiger partial charge in [0.1, 0.15) is 6.33 Å². The lowest BCUT2D eigenvalue weighted by molar-refractivity contribution is 0.101. The highest BCUT2D eigenvalue weighted by Gasteiger charge is 2.11. The van der Waals surface area contributed by atoms with Crippen molar-refractivity contribution < 1.29 is 4.79 Å². The van der Waals surface area contributed by atoms with Crippen LogP contribution in [0.4, 0.5) is 5.69 Å². The Morgan fingerprint density at radius 1 is 1.33 bits per heavy atom. The normalized spacial score (nSPS) is 9.93. The lowest BCUT2D eigenvalue weighted by Crippen LogP contribution is -2.17. The van der Waals surface area contributed by atoms with Crippen LogP contribution in [0.2, 0.25) is 0 Å². The third-order valence-corrected chi connectivity index (χ3v) is 1.95. The largest absolute Gasteiger partial charge is 0.319 e. The smallest absolute Gasteiger partial charge is 0.293 e. The zero-order valence-corrected chi connectivity index (χ0v) is 8.21. The number of hydrogen-bond acceptors (Lipinski definition) is 3. The van der Waals surface area contributed by atoms with Gasteiger partial charge in [0.2, 0.25) is 5.82 Å². The quantitative estimate of drug-likeness (QED) is 0.792. The minimum absolute atomic E-state index is 0.263.